The fraction of sp³-hybridized carbons (Fsp3) is 0.385. The van der Waals surface area contributed by atoms with Crippen molar-refractivity contribution in [3.8, 4) is 11.3 Å². The maximum atomic E-state index is 14.7. The van der Waals surface area contributed by atoms with E-state index in [1.54, 1.807) is 18.6 Å². The van der Waals surface area contributed by atoms with Gasteiger partial charge in [-0.25, -0.2) is 9.37 Å². The molecule has 3 heterocycles. The second-order valence-electron chi connectivity index (χ2n) is 9.40. The van der Waals surface area contributed by atoms with E-state index in [2.05, 4.69) is 28.3 Å². The van der Waals surface area contributed by atoms with Crippen molar-refractivity contribution in [2.24, 2.45) is 13.0 Å². The number of rotatable bonds is 4. The van der Waals surface area contributed by atoms with Crippen LogP contribution in [0.4, 0.5) is 4.39 Å². The molecule has 0 saturated heterocycles. The summed E-state index contributed by atoms with van der Waals surface area (Å²) in [4.78, 5) is 4.26. The molecule has 0 amide bonds. The first kappa shape index (κ1) is 19.7. The zero-order valence-corrected chi connectivity index (χ0v) is 18.2. The first-order valence-corrected chi connectivity index (χ1v) is 11.5. The van der Waals surface area contributed by atoms with Crippen molar-refractivity contribution in [1.82, 2.24) is 19.3 Å². The molecule has 4 aromatic rings. The molecule has 1 aliphatic carbocycles. The highest BCUT2D eigenvalue weighted by atomic mass is 19.1. The minimum Gasteiger partial charge on any atom is -0.393 e. The second-order valence-corrected chi connectivity index (χ2v) is 9.40. The standard InChI is InChI=1S/C26H27FN4O/c1-30-22-10-9-18(11-19(22)13-29-30)16-5-7-17(8-6-16)25(32)12-23-26-20(3-2-4-21(26)27)24-14-28-15-31(23)24/h2-4,9-11,13-17,23,25,32H,5-8,12H2,1H3. The van der Waals surface area contributed by atoms with E-state index in [0.29, 0.717) is 17.9 Å². The Hall–Kier alpha value is -2.99. The van der Waals surface area contributed by atoms with E-state index in [1.165, 1.54) is 17.0 Å². The van der Waals surface area contributed by atoms with Crippen molar-refractivity contribution in [3.05, 3.63) is 72.1 Å². The van der Waals surface area contributed by atoms with Crippen molar-refractivity contribution in [3.63, 3.8) is 0 Å². The number of aliphatic hydroxyl groups excluding tert-OH is 1. The van der Waals surface area contributed by atoms with Crippen LogP contribution in [0.25, 0.3) is 22.2 Å². The normalized spacial score (nSPS) is 23.3. The molecule has 0 bridgehead atoms. The summed E-state index contributed by atoms with van der Waals surface area (Å²) in [5.41, 5.74) is 5.05. The molecular weight excluding hydrogens is 403 g/mol. The van der Waals surface area contributed by atoms with Crippen LogP contribution in [0.15, 0.2) is 55.1 Å². The molecule has 32 heavy (non-hydrogen) atoms. The molecule has 1 fully saturated rings. The second kappa shape index (κ2) is 7.55. The van der Waals surface area contributed by atoms with Gasteiger partial charge >= 0.3 is 0 Å². The molecule has 6 rings (SSSR count). The number of hydrogen-bond acceptors (Lipinski definition) is 3. The van der Waals surface area contributed by atoms with Gasteiger partial charge in [0, 0.05) is 23.6 Å². The summed E-state index contributed by atoms with van der Waals surface area (Å²) in [5, 5.41) is 16.7. The van der Waals surface area contributed by atoms with Crippen molar-refractivity contribution in [2.45, 2.75) is 50.2 Å². The highest BCUT2D eigenvalue weighted by molar-refractivity contribution is 5.79. The SMILES string of the molecule is Cn1ncc2cc(C3CCC(C(O)CC4c5c(F)cccc5-c5cncn54)CC3)ccc21. The average molecular weight is 431 g/mol. The van der Waals surface area contributed by atoms with Gasteiger partial charge in [0.05, 0.1) is 42.1 Å². The van der Waals surface area contributed by atoms with Crippen LogP contribution in [0.1, 0.15) is 55.2 Å². The Morgan fingerprint density at radius 3 is 2.81 bits per heavy atom. The lowest BCUT2D eigenvalue weighted by Gasteiger charge is -2.33. The summed E-state index contributed by atoms with van der Waals surface area (Å²) in [5.74, 6) is 0.571. The van der Waals surface area contributed by atoms with Crippen LogP contribution in [0, 0.1) is 11.7 Å². The largest absolute Gasteiger partial charge is 0.393 e. The van der Waals surface area contributed by atoms with Crippen LogP contribution in [-0.2, 0) is 7.05 Å². The molecule has 2 aromatic heterocycles. The molecule has 5 nitrogen and oxygen atoms in total. The lowest BCUT2D eigenvalue weighted by atomic mass is 9.75. The maximum absolute atomic E-state index is 14.7. The van der Waals surface area contributed by atoms with E-state index >= 15 is 0 Å². The third kappa shape index (κ3) is 3.08. The Morgan fingerprint density at radius 1 is 1.12 bits per heavy atom. The minimum atomic E-state index is -0.456. The molecule has 2 aromatic carbocycles. The maximum Gasteiger partial charge on any atom is 0.129 e. The summed E-state index contributed by atoms with van der Waals surface area (Å²) in [6, 6.07) is 11.7. The van der Waals surface area contributed by atoms with Gasteiger partial charge in [-0.2, -0.15) is 5.10 Å². The zero-order valence-electron chi connectivity index (χ0n) is 18.2. The zero-order chi connectivity index (χ0) is 21.8. The van der Waals surface area contributed by atoms with Gasteiger partial charge in [-0.3, -0.25) is 4.68 Å². The quantitative estimate of drug-likeness (QED) is 0.484. The Balaban J connectivity index is 1.16. The first-order valence-electron chi connectivity index (χ1n) is 11.5. The monoisotopic (exact) mass is 430 g/mol. The van der Waals surface area contributed by atoms with Gasteiger partial charge in [-0.15, -0.1) is 0 Å². The van der Waals surface area contributed by atoms with Gasteiger partial charge in [0.1, 0.15) is 5.82 Å². The highest BCUT2D eigenvalue weighted by Gasteiger charge is 2.35. The van der Waals surface area contributed by atoms with Gasteiger partial charge < -0.3 is 9.67 Å². The predicted octanol–water partition coefficient (Wildman–Crippen LogP) is 5.20. The van der Waals surface area contributed by atoms with Crippen molar-refractivity contribution in [1.29, 1.82) is 0 Å². The van der Waals surface area contributed by atoms with Crippen LogP contribution >= 0.6 is 0 Å². The molecule has 2 atom stereocenters. The molecule has 1 N–H and O–H groups in total. The molecule has 1 saturated carbocycles. The number of aliphatic hydroxyl groups is 1. The van der Waals surface area contributed by atoms with Crippen LogP contribution < -0.4 is 0 Å². The molecule has 0 radical (unpaired) electrons. The Bertz CT molecular complexity index is 1280. The Labute approximate surface area is 186 Å². The van der Waals surface area contributed by atoms with Crippen LogP contribution in [0.2, 0.25) is 0 Å². The lowest BCUT2D eigenvalue weighted by Crippen LogP contribution is -2.28. The highest BCUT2D eigenvalue weighted by Crippen LogP contribution is 2.45. The fourth-order valence-electron chi connectivity index (χ4n) is 5.93. The van der Waals surface area contributed by atoms with Crippen LogP contribution in [-0.4, -0.2) is 30.5 Å². The summed E-state index contributed by atoms with van der Waals surface area (Å²) in [7, 11) is 1.97. The summed E-state index contributed by atoms with van der Waals surface area (Å²) >= 11 is 0. The third-order valence-electron chi connectivity index (χ3n) is 7.69. The van der Waals surface area contributed by atoms with E-state index in [1.807, 2.05) is 28.6 Å². The van der Waals surface area contributed by atoms with Crippen molar-refractivity contribution in [2.75, 3.05) is 0 Å². The number of benzene rings is 2. The van der Waals surface area contributed by atoms with E-state index in [-0.39, 0.29) is 17.8 Å². The number of fused-ring (bicyclic) bond motifs is 4. The van der Waals surface area contributed by atoms with Gasteiger partial charge in [0.2, 0.25) is 0 Å². The van der Waals surface area contributed by atoms with Gasteiger partial charge in [-0.05, 0) is 67.7 Å². The van der Waals surface area contributed by atoms with Crippen LogP contribution in [0.3, 0.4) is 0 Å². The number of imidazole rings is 1. The summed E-state index contributed by atoms with van der Waals surface area (Å²) in [6.07, 6.45) is 9.66. The number of halogens is 1. The van der Waals surface area contributed by atoms with Gasteiger partial charge in [0.15, 0.2) is 0 Å². The summed E-state index contributed by atoms with van der Waals surface area (Å²) in [6.45, 7) is 0. The van der Waals surface area contributed by atoms with E-state index < -0.39 is 6.10 Å². The average Bonchev–Trinajstić information content (AvgIpc) is 3.51. The number of aromatic nitrogens is 4. The smallest absolute Gasteiger partial charge is 0.129 e. The Kier molecular flexibility index (Phi) is 4.65. The number of aryl methyl sites for hydroxylation is 1. The molecule has 6 heteroatoms. The number of hydrogen-bond donors (Lipinski definition) is 1. The predicted molar refractivity (Wildman–Crippen MR) is 122 cm³/mol. The van der Waals surface area contributed by atoms with E-state index in [0.717, 1.165) is 42.5 Å². The minimum absolute atomic E-state index is 0.190. The molecule has 164 valence electrons. The molecule has 2 aliphatic rings. The Morgan fingerprint density at radius 2 is 1.97 bits per heavy atom. The van der Waals surface area contributed by atoms with E-state index in [9.17, 15) is 9.50 Å². The molecule has 1 aliphatic heterocycles. The van der Waals surface area contributed by atoms with E-state index in [4.69, 9.17) is 0 Å². The van der Waals surface area contributed by atoms with Crippen molar-refractivity contribution < 1.29 is 9.50 Å². The van der Waals surface area contributed by atoms with Gasteiger partial charge in [-0.1, -0.05) is 18.2 Å². The lowest BCUT2D eigenvalue weighted by molar-refractivity contribution is 0.0650. The first-order chi connectivity index (χ1) is 15.6. The number of nitrogens with zero attached hydrogens (tertiary/aromatic N) is 4. The fourth-order valence-corrected chi connectivity index (χ4v) is 5.93. The molecule has 0 spiro atoms. The molecular formula is C26H27FN4O. The van der Waals surface area contributed by atoms with Crippen molar-refractivity contribution >= 4 is 10.9 Å². The van der Waals surface area contributed by atoms with Crippen LogP contribution in [0.5, 0.6) is 0 Å². The third-order valence-corrected chi connectivity index (χ3v) is 7.69. The molecule has 2 unspecified atom stereocenters. The topological polar surface area (TPSA) is 55.9 Å². The summed E-state index contributed by atoms with van der Waals surface area (Å²) < 4.78 is 18.6. The van der Waals surface area contributed by atoms with Gasteiger partial charge in [0.25, 0.3) is 0 Å².